The first-order valence-electron chi connectivity index (χ1n) is 17.9. The number of ether oxygens (including phenoxy) is 1. The van der Waals surface area contributed by atoms with Crippen LogP contribution in [-0.2, 0) is 18.4 Å². The van der Waals surface area contributed by atoms with Crippen LogP contribution in [0.5, 0.6) is 0 Å². The summed E-state index contributed by atoms with van der Waals surface area (Å²) in [6, 6.07) is 0. The second kappa shape index (κ2) is 12.7. The van der Waals surface area contributed by atoms with Gasteiger partial charge in [-0.1, -0.05) is 103 Å². The molecule has 4 aliphatic carbocycles. The smallest absolute Gasteiger partial charge is 0.330 e. The largest absolute Gasteiger partial charge is 0.463 e. The Morgan fingerprint density at radius 3 is 2.22 bits per heavy atom. The number of hydrogen-bond donors (Lipinski definition) is 0. The van der Waals surface area contributed by atoms with Crippen molar-refractivity contribution < 1.29 is 18.4 Å². The number of carbonyl (C=O) groups excluding carboxylic acids is 1. The van der Waals surface area contributed by atoms with Gasteiger partial charge in [0.05, 0.1) is 18.8 Å². The van der Waals surface area contributed by atoms with Crippen LogP contribution < -0.4 is 0 Å². The van der Waals surface area contributed by atoms with Gasteiger partial charge >= 0.3 is 5.97 Å². The standard InChI is InChI=1S/C39H66O4Si2/c1-15-41-35(40)18-16-17-27(2)31-21-22-32-30-20-19-28-25-29(42-44(11,12)36(3,4)5)26-34(43-45(13,14)37(6,7)8)39(28,10)33(30)23-24-38(31,32)9/h16,18-21,27,29,32-34H,15,17,22-26H2,1-14H3/t27-,29-,32+,33+,34+,38-,39+/m1/s1. The van der Waals surface area contributed by atoms with E-state index in [1.807, 2.05) is 13.0 Å². The molecule has 254 valence electrons. The summed E-state index contributed by atoms with van der Waals surface area (Å²) in [6.07, 6.45) is 18.0. The molecule has 0 aromatic carbocycles. The monoisotopic (exact) mass is 654 g/mol. The Morgan fingerprint density at radius 1 is 1.00 bits per heavy atom. The van der Waals surface area contributed by atoms with Gasteiger partial charge in [0.2, 0.25) is 0 Å². The predicted octanol–water partition coefficient (Wildman–Crippen LogP) is 10.9. The van der Waals surface area contributed by atoms with Gasteiger partial charge in [-0.25, -0.2) is 4.79 Å². The highest BCUT2D eigenvalue weighted by atomic mass is 28.4. The Labute approximate surface area is 278 Å². The Hall–Kier alpha value is -1.22. The fourth-order valence-corrected chi connectivity index (χ4v) is 11.2. The molecule has 0 spiro atoms. The summed E-state index contributed by atoms with van der Waals surface area (Å²) in [5, 5.41) is 0.339. The lowest BCUT2D eigenvalue weighted by Crippen LogP contribution is -2.58. The summed E-state index contributed by atoms with van der Waals surface area (Å²) < 4.78 is 19.8. The van der Waals surface area contributed by atoms with Crippen molar-refractivity contribution in [1.29, 1.82) is 0 Å². The minimum absolute atomic E-state index is 0.00896. The van der Waals surface area contributed by atoms with Gasteiger partial charge in [-0.15, -0.1) is 0 Å². The molecule has 7 atom stereocenters. The summed E-state index contributed by atoms with van der Waals surface area (Å²) >= 11 is 0. The molecule has 0 unspecified atom stereocenters. The van der Waals surface area contributed by atoms with Crippen LogP contribution in [0.3, 0.4) is 0 Å². The van der Waals surface area contributed by atoms with E-state index in [9.17, 15) is 4.79 Å². The van der Waals surface area contributed by atoms with E-state index in [4.69, 9.17) is 13.6 Å². The highest BCUT2D eigenvalue weighted by molar-refractivity contribution is 6.74. The maximum absolute atomic E-state index is 11.9. The van der Waals surface area contributed by atoms with Crippen molar-refractivity contribution in [2.75, 3.05) is 6.61 Å². The Balaban J connectivity index is 1.65. The molecular formula is C39H66O4Si2. The lowest BCUT2D eigenvalue weighted by atomic mass is 9.49. The SMILES string of the molecule is CCOC(=O)C=CC[C@@H](C)C1=CC[C@H]2C3=CC=C4C[C@@H](O[Si](C)(C)C(C)(C)C)C[C@H](O[Si](C)(C)C(C)(C)C)[C@]4(C)[C@H]3CC[C@]12C. The molecule has 4 rings (SSSR count). The van der Waals surface area contributed by atoms with E-state index in [1.54, 1.807) is 22.8 Å². The quantitative estimate of drug-likeness (QED) is 0.107. The van der Waals surface area contributed by atoms with Crippen molar-refractivity contribution in [1.82, 2.24) is 0 Å². The number of hydrogen-bond acceptors (Lipinski definition) is 4. The fraction of sp³-hybridized carbons (Fsp3) is 0.769. The average molecular weight is 655 g/mol. The maximum Gasteiger partial charge on any atom is 0.330 e. The highest BCUT2D eigenvalue weighted by Gasteiger charge is 2.59. The molecule has 0 aromatic rings. The Morgan fingerprint density at radius 2 is 1.62 bits per heavy atom. The third kappa shape index (κ3) is 6.87. The number of esters is 1. The summed E-state index contributed by atoms with van der Waals surface area (Å²) in [5.41, 5.74) is 4.95. The van der Waals surface area contributed by atoms with Crippen molar-refractivity contribution in [3.8, 4) is 0 Å². The van der Waals surface area contributed by atoms with Gasteiger partial charge in [0.25, 0.3) is 0 Å². The molecule has 4 nitrogen and oxygen atoms in total. The summed E-state index contributed by atoms with van der Waals surface area (Å²) in [5.74, 6) is 1.21. The molecule has 0 amide bonds. The topological polar surface area (TPSA) is 44.8 Å². The molecule has 0 saturated heterocycles. The van der Waals surface area contributed by atoms with Crippen LogP contribution >= 0.6 is 0 Å². The van der Waals surface area contributed by atoms with Crippen LogP contribution in [0.1, 0.15) is 108 Å². The van der Waals surface area contributed by atoms with Crippen molar-refractivity contribution in [2.24, 2.45) is 28.6 Å². The minimum atomic E-state index is -2.03. The fourth-order valence-electron chi connectivity index (χ4n) is 8.46. The van der Waals surface area contributed by atoms with E-state index in [0.29, 0.717) is 24.4 Å². The molecule has 0 N–H and O–H groups in total. The molecule has 0 aliphatic heterocycles. The third-order valence-corrected chi connectivity index (χ3v) is 22.3. The van der Waals surface area contributed by atoms with E-state index in [1.165, 1.54) is 12.8 Å². The van der Waals surface area contributed by atoms with Gasteiger partial charge < -0.3 is 13.6 Å². The predicted molar refractivity (Wildman–Crippen MR) is 194 cm³/mol. The summed E-state index contributed by atoms with van der Waals surface area (Å²) in [4.78, 5) is 11.9. The molecule has 0 bridgehead atoms. The highest BCUT2D eigenvalue weighted by Crippen LogP contribution is 2.65. The molecule has 2 saturated carbocycles. The molecule has 0 radical (unpaired) electrons. The van der Waals surface area contributed by atoms with Crippen LogP contribution in [-0.4, -0.2) is 41.4 Å². The maximum atomic E-state index is 11.9. The molecule has 6 heteroatoms. The second-order valence-corrected chi connectivity index (χ2v) is 27.7. The minimum Gasteiger partial charge on any atom is -0.463 e. The van der Waals surface area contributed by atoms with Crippen LogP contribution in [0.25, 0.3) is 0 Å². The Bertz CT molecular complexity index is 1240. The number of rotatable bonds is 9. The molecular weight excluding hydrogens is 589 g/mol. The normalized spacial score (nSPS) is 33.1. The second-order valence-electron chi connectivity index (χ2n) is 18.2. The lowest BCUT2D eigenvalue weighted by molar-refractivity contribution is -0.137. The number of fused-ring (bicyclic) bond motifs is 5. The lowest BCUT2D eigenvalue weighted by Gasteiger charge is -2.59. The molecule has 45 heavy (non-hydrogen) atoms. The van der Waals surface area contributed by atoms with E-state index < -0.39 is 16.6 Å². The van der Waals surface area contributed by atoms with Crippen LogP contribution in [0.2, 0.25) is 36.3 Å². The van der Waals surface area contributed by atoms with E-state index >= 15 is 0 Å². The van der Waals surface area contributed by atoms with Crippen molar-refractivity contribution >= 4 is 22.6 Å². The zero-order valence-electron chi connectivity index (χ0n) is 31.4. The number of allylic oxidation sites excluding steroid dienone is 6. The molecule has 4 aliphatic rings. The summed E-state index contributed by atoms with van der Waals surface area (Å²) in [6.45, 7) is 33.5. The molecule has 0 aromatic heterocycles. The van der Waals surface area contributed by atoms with Crippen LogP contribution in [0.4, 0.5) is 0 Å². The van der Waals surface area contributed by atoms with Crippen LogP contribution in [0, 0.1) is 28.6 Å². The summed E-state index contributed by atoms with van der Waals surface area (Å²) in [7, 11) is -3.95. The van der Waals surface area contributed by atoms with Crippen molar-refractivity contribution in [3.05, 3.63) is 47.1 Å². The zero-order valence-corrected chi connectivity index (χ0v) is 33.4. The van der Waals surface area contributed by atoms with Gasteiger partial charge in [-0.3, -0.25) is 0 Å². The van der Waals surface area contributed by atoms with Crippen LogP contribution in [0.15, 0.2) is 47.1 Å². The van der Waals surface area contributed by atoms with Gasteiger partial charge in [-0.05, 0) is 105 Å². The molecule has 2 fully saturated rings. The average Bonchev–Trinajstić information content (AvgIpc) is 3.25. The van der Waals surface area contributed by atoms with Gasteiger partial charge in [0.1, 0.15) is 0 Å². The third-order valence-electron chi connectivity index (χ3n) is 13.3. The zero-order chi connectivity index (χ0) is 33.8. The Kier molecular flexibility index (Phi) is 10.3. The van der Waals surface area contributed by atoms with E-state index in [0.717, 1.165) is 25.7 Å². The van der Waals surface area contributed by atoms with Crippen molar-refractivity contribution in [2.45, 2.75) is 156 Å². The van der Waals surface area contributed by atoms with Crippen molar-refractivity contribution in [3.63, 3.8) is 0 Å². The van der Waals surface area contributed by atoms with E-state index in [2.05, 4.69) is 107 Å². The van der Waals surface area contributed by atoms with Gasteiger partial charge in [-0.2, -0.15) is 0 Å². The first-order valence-corrected chi connectivity index (χ1v) is 23.7. The van der Waals surface area contributed by atoms with Gasteiger partial charge in [0, 0.05) is 11.5 Å². The van der Waals surface area contributed by atoms with E-state index in [-0.39, 0.29) is 39.1 Å². The molecule has 0 heterocycles. The van der Waals surface area contributed by atoms with Gasteiger partial charge in [0.15, 0.2) is 16.6 Å². The first-order chi connectivity index (χ1) is 20.6. The number of carbonyl (C=O) groups is 1. The first kappa shape index (κ1) is 36.6.